The van der Waals surface area contributed by atoms with Crippen molar-refractivity contribution in [3.63, 3.8) is 0 Å². The fraction of sp³-hybridized carbons (Fsp3) is 0.526. The van der Waals surface area contributed by atoms with Crippen LogP contribution in [-0.4, -0.2) is 44.5 Å². The van der Waals surface area contributed by atoms with Gasteiger partial charge in [0.15, 0.2) is 11.0 Å². The van der Waals surface area contributed by atoms with Gasteiger partial charge in [0.05, 0.1) is 12.5 Å². The van der Waals surface area contributed by atoms with Crippen molar-refractivity contribution in [3.8, 4) is 5.75 Å². The van der Waals surface area contributed by atoms with Crippen molar-refractivity contribution in [1.29, 1.82) is 0 Å². The molecule has 2 aliphatic rings. The van der Waals surface area contributed by atoms with Gasteiger partial charge in [0.2, 0.25) is 5.91 Å². The maximum absolute atomic E-state index is 13.0. The number of ether oxygens (including phenoxy) is 1. The van der Waals surface area contributed by atoms with Crippen LogP contribution in [0.1, 0.15) is 42.8 Å². The molecule has 2 aliphatic heterocycles. The lowest BCUT2D eigenvalue weighted by Crippen LogP contribution is -2.33. The molecule has 2 atom stereocenters. The first-order chi connectivity index (χ1) is 12.6. The van der Waals surface area contributed by atoms with E-state index in [1.54, 1.807) is 11.8 Å². The van der Waals surface area contributed by atoms with Gasteiger partial charge in [-0.3, -0.25) is 4.79 Å². The molecule has 1 aromatic heterocycles. The largest absolute Gasteiger partial charge is 0.490 e. The van der Waals surface area contributed by atoms with Gasteiger partial charge in [0.25, 0.3) is 0 Å². The molecule has 0 radical (unpaired) electrons. The summed E-state index contributed by atoms with van der Waals surface area (Å²) in [7, 11) is 1.98. The quantitative estimate of drug-likeness (QED) is 0.773. The Bertz CT molecular complexity index is 835. The van der Waals surface area contributed by atoms with Crippen LogP contribution in [0.15, 0.2) is 23.4 Å². The molecule has 4 rings (SSSR count). The molecule has 1 saturated heterocycles. The Morgan fingerprint density at radius 1 is 1.38 bits per heavy atom. The molecule has 0 N–H and O–H groups in total. The van der Waals surface area contributed by atoms with Gasteiger partial charge in [-0.15, -0.1) is 10.2 Å². The second kappa shape index (κ2) is 6.95. The van der Waals surface area contributed by atoms with Crippen LogP contribution in [0.3, 0.4) is 0 Å². The third kappa shape index (κ3) is 3.09. The van der Waals surface area contributed by atoms with Crippen LogP contribution in [0.25, 0.3) is 0 Å². The highest BCUT2D eigenvalue weighted by Gasteiger charge is 2.33. The minimum atomic E-state index is 0.0266. The number of carbonyl (C=O) groups excluding carboxylic acids is 1. The number of thioether (sulfide) groups is 1. The van der Waals surface area contributed by atoms with Gasteiger partial charge in [-0.1, -0.05) is 23.9 Å². The molecule has 6 nitrogen and oxygen atoms in total. The first-order valence-corrected chi connectivity index (χ1v) is 10.3. The smallest absolute Gasteiger partial charge is 0.227 e. The third-order valence-electron chi connectivity index (χ3n) is 5.24. The summed E-state index contributed by atoms with van der Waals surface area (Å²) in [6.07, 6.45) is 5.50. The normalized spacial score (nSPS) is 21.7. The van der Waals surface area contributed by atoms with E-state index in [-0.39, 0.29) is 18.1 Å². The van der Waals surface area contributed by atoms with Gasteiger partial charge in [0.1, 0.15) is 11.9 Å². The Kier molecular flexibility index (Phi) is 4.65. The van der Waals surface area contributed by atoms with Crippen LogP contribution < -0.4 is 4.74 Å². The SMILES string of the molecule is CSc1nnc([C@H]2CCCN2C(=O)Cc2ccc3c(c2)C[C@H](C)O3)n1C. The second-order valence-corrected chi connectivity index (χ2v) is 7.87. The Labute approximate surface area is 157 Å². The number of nitrogens with zero attached hydrogens (tertiary/aromatic N) is 4. The maximum atomic E-state index is 13.0. The van der Waals surface area contributed by atoms with E-state index < -0.39 is 0 Å². The summed E-state index contributed by atoms with van der Waals surface area (Å²) in [5.74, 6) is 2.00. The lowest BCUT2D eigenvalue weighted by atomic mass is 10.0. The zero-order chi connectivity index (χ0) is 18.3. The van der Waals surface area contributed by atoms with E-state index in [2.05, 4.69) is 23.2 Å². The third-order valence-corrected chi connectivity index (χ3v) is 5.96. The molecule has 3 heterocycles. The predicted molar refractivity (Wildman–Crippen MR) is 100 cm³/mol. The standard InChI is InChI=1S/C19H24N4O2S/c1-12-9-14-10-13(6-7-16(14)25-12)11-17(24)23-8-4-5-15(23)18-20-21-19(26-3)22(18)2/h6-7,10,12,15H,4-5,8-9,11H2,1-3H3/t12-,15+/m0/s1. The molecule has 1 aromatic carbocycles. The number of likely N-dealkylation sites (tertiary alicyclic amines) is 1. The Balaban J connectivity index is 1.50. The van der Waals surface area contributed by atoms with Crippen LogP contribution in [0.5, 0.6) is 5.75 Å². The van der Waals surface area contributed by atoms with E-state index in [1.165, 1.54) is 5.56 Å². The number of hydrogen-bond donors (Lipinski definition) is 0. The van der Waals surface area contributed by atoms with E-state index >= 15 is 0 Å². The minimum Gasteiger partial charge on any atom is -0.490 e. The van der Waals surface area contributed by atoms with Gasteiger partial charge < -0.3 is 14.2 Å². The zero-order valence-corrected chi connectivity index (χ0v) is 16.3. The van der Waals surface area contributed by atoms with Gasteiger partial charge in [-0.05, 0) is 43.2 Å². The molecular weight excluding hydrogens is 348 g/mol. The van der Waals surface area contributed by atoms with E-state index in [0.717, 1.165) is 48.1 Å². The first-order valence-electron chi connectivity index (χ1n) is 9.08. The number of aromatic nitrogens is 3. The fourth-order valence-electron chi connectivity index (χ4n) is 3.99. The zero-order valence-electron chi connectivity index (χ0n) is 15.4. The van der Waals surface area contributed by atoms with E-state index in [0.29, 0.717) is 6.42 Å². The van der Waals surface area contributed by atoms with Crippen LogP contribution in [0.4, 0.5) is 0 Å². The molecule has 138 valence electrons. The number of rotatable bonds is 4. The summed E-state index contributed by atoms with van der Waals surface area (Å²) in [6.45, 7) is 2.86. The molecule has 0 saturated carbocycles. The lowest BCUT2D eigenvalue weighted by Gasteiger charge is -2.24. The van der Waals surface area contributed by atoms with Crippen molar-refractivity contribution >= 4 is 17.7 Å². The minimum absolute atomic E-state index is 0.0266. The summed E-state index contributed by atoms with van der Waals surface area (Å²) < 4.78 is 7.76. The summed E-state index contributed by atoms with van der Waals surface area (Å²) >= 11 is 1.57. The summed E-state index contributed by atoms with van der Waals surface area (Å²) in [5, 5.41) is 9.45. The molecule has 1 amide bonds. The molecule has 2 aromatic rings. The number of carbonyl (C=O) groups is 1. The fourth-order valence-corrected chi connectivity index (χ4v) is 4.48. The molecule has 7 heteroatoms. The molecule has 0 spiro atoms. The average molecular weight is 372 g/mol. The van der Waals surface area contributed by atoms with E-state index in [1.807, 2.05) is 34.9 Å². The van der Waals surface area contributed by atoms with Crippen molar-refractivity contribution in [2.45, 2.75) is 49.9 Å². The van der Waals surface area contributed by atoms with Crippen LogP contribution >= 0.6 is 11.8 Å². The summed E-state index contributed by atoms with van der Waals surface area (Å²) in [6, 6.07) is 6.15. The Morgan fingerprint density at radius 2 is 2.23 bits per heavy atom. The number of benzene rings is 1. The van der Waals surface area contributed by atoms with Crippen molar-refractivity contribution in [2.75, 3.05) is 12.8 Å². The molecule has 0 bridgehead atoms. The van der Waals surface area contributed by atoms with Crippen molar-refractivity contribution in [3.05, 3.63) is 35.2 Å². The molecule has 26 heavy (non-hydrogen) atoms. The van der Waals surface area contributed by atoms with Gasteiger partial charge >= 0.3 is 0 Å². The summed E-state index contributed by atoms with van der Waals surface area (Å²) in [5.41, 5.74) is 2.26. The number of fused-ring (bicyclic) bond motifs is 1. The van der Waals surface area contributed by atoms with Gasteiger partial charge in [0, 0.05) is 20.0 Å². The van der Waals surface area contributed by atoms with Crippen molar-refractivity contribution < 1.29 is 9.53 Å². The maximum Gasteiger partial charge on any atom is 0.227 e. The first kappa shape index (κ1) is 17.4. The van der Waals surface area contributed by atoms with Gasteiger partial charge in [-0.25, -0.2) is 0 Å². The second-order valence-electron chi connectivity index (χ2n) is 7.10. The van der Waals surface area contributed by atoms with Crippen LogP contribution in [0, 0.1) is 0 Å². The highest BCUT2D eigenvalue weighted by Crippen LogP contribution is 2.33. The van der Waals surface area contributed by atoms with E-state index in [4.69, 9.17) is 4.74 Å². The van der Waals surface area contributed by atoms with Crippen LogP contribution in [-0.2, 0) is 24.7 Å². The number of amides is 1. The van der Waals surface area contributed by atoms with Crippen molar-refractivity contribution in [2.24, 2.45) is 7.05 Å². The lowest BCUT2D eigenvalue weighted by molar-refractivity contribution is -0.131. The monoisotopic (exact) mass is 372 g/mol. The Morgan fingerprint density at radius 3 is 3.00 bits per heavy atom. The van der Waals surface area contributed by atoms with Crippen molar-refractivity contribution in [1.82, 2.24) is 19.7 Å². The number of hydrogen-bond acceptors (Lipinski definition) is 5. The highest BCUT2D eigenvalue weighted by molar-refractivity contribution is 7.98. The molecule has 0 aliphatic carbocycles. The van der Waals surface area contributed by atoms with Crippen LogP contribution in [0.2, 0.25) is 0 Å². The molecule has 0 unspecified atom stereocenters. The predicted octanol–water partition coefficient (Wildman–Crippen LogP) is 2.77. The Hall–Kier alpha value is -2.02. The topological polar surface area (TPSA) is 60.3 Å². The highest BCUT2D eigenvalue weighted by atomic mass is 32.2. The molecule has 1 fully saturated rings. The molecular formula is C19H24N4O2S. The van der Waals surface area contributed by atoms with E-state index in [9.17, 15) is 4.79 Å². The summed E-state index contributed by atoms with van der Waals surface area (Å²) in [4.78, 5) is 15.0. The van der Waals surface area contributed by atoms with Gasteiger partial charge in [-0.2, -0.15) is 0 Å². The average Bonchev–Trinajstić information content (AvgIpc) is 3.31.